The number of nitrogens with zero attached hydrogens (tertiary/aromatic N) is 5. The van der Waals surface area contributed by atoms with Crippen molar-refractivity contribution >= 4 is 35.3 Å². The van der Waals surface area contributed by atoms with Gasteiger partial charge >= 0.3 is 0 Å². The highest BCUT2D eigenvalue weighted by molar-refractivity contribution is 6.31. The molecule has 3 heterocycles. The first-order chi connectivity index (χ1) is 14.5. The summed E-state index contributed by atoms with van der Waals surface area (Å²) in [7, 11) is 0. The number of imidazole rings is 1. The van der Waals surface area contributed by atoms with Gasteiger partial charge in [0.2, 0.25) is 5.78 Å². The van der Waals surface area contributed by atoms with E-state index in [0.717, 1.165) is 0 Å². The van der Waals surface area contributed by atoms with E-state index < -0.39 is 0 Å². The predicted molar refractivity (Wildman–Crippen MR) is 114 cm³/mol. The molecule has 10 heteroatoms. The average Bonchev–Trinajstić information content (AvgIpc) is 3.10. The number of aliphatic imine (C=N–C) groups is 1. The minimum Gasteiger partial charge on any atom is -0.347 e. The normalized spacial score (nSPS) is 13.5. The van der Waals surface area contributed by atoms with Crippen LogP contribution in [0.5, 0.6) is 0 Å². The molecule has 1 aliphatic rings. The molecule has 0 radical (unpaired) electrons. The van der Waals surface area contributed by atoms with Crippen LogP contribution in [0.15, 0.2) is 29.4 Å². The van der Waals surface area contributed by atoms with E-state index in [-0.39, 0.29) is 18.3 Å². The van der Waals surface area contributed by atoms with Gasteiger partial charge in [-0.25, -0.2) is 14.4 Å². The molecular formula is C20H21ClFN7O. The zero-order valence-corrected chi connectivity index (χ0v) is 17.4. The number of hydrazine groups is 1. The SMILES string of the molecule is CCc1nc2nc(C)c(Cl)cn2c1C(=O)NCc1ccc(N2CCN=CN2)c(F)c1. The molecular weight excluding hydrogens is 409 g/mol. The molecule has 0 spiro atoms. The molecule has 0 bridgehead atoms. The Morgan fingerprint density at radius 1 is 1.37 bits per heavy atom. The Balaban J connectivity index is 1.53. The molecule has 2 aromatic heterocycles. The molecule has 0 aliphatic carbocycles. The maximum atomic E-state index is 14.6. The van der Waals surface area contributed by atoms with E-state index in [2.05, 4.69) is 25.7 Å². The number of fused-ring (bicyclic) bond motifs is 1. The second kappa shape index (κ2) is 8.27. The fourth-order valence-corrected chi connectivity index (χ4v) is 3.44. The highest BCUT2D eigenvalue weighted by atomic mass is 35.5. The van der Waals surface area contributed by atoms with Gasteiger partial charge in [-0.2, -0.15) is 0 Å². The van der Waals surface area contributed by atoms with Crippen molar-refractivity contribution in [1.82, 2.24) is 25.1 Å². The van der Waals surface area contributed by atoms with Crippen molar-refractivity contribution in [3.8, 4) is 0 Å². The summed E-state index contributed by atoms with van der Waals surface area (Å²) in [5.74, 6) is -0.272. The predicted octanol–water partition coefficient (Wildman–Crippen LogP) is 2.68. The van der Waals surface area contributed by atoms with Crippen LogP contribution in [0, 0.1) is 12.7 Å². The lowest BCUT2D eigenvalue weighted by molar-refractivity contribution is 0.0944. The van der Waals surface area contributed by atoms with Crippen LogP contribution < -0.4 is 15.8 Å². The lowest BCUT2D eigenvalue weighted by Gasteiger charge is -2.26. The molecule has 156 valence electrons. The standard InChI is InChI=1S/C20H21ClFN7O/c1-3-16-18(28-10-14(21)12(2)26-20(28)27-16)19(30)24-9-13-4-5-17(15(22)8-13)29-7-6-23-11-25-29/h4-5,8,10-11H,3,6-7,9H2,1-2H3,(H,23,25)(H,24,30). The largest absolute Gasteiger partial charge is 0.347 e. The number of anilines is 1. The first kappa shape index (κ1) is 20.1. The van der Waals surface area contributed by atoms with Gasteiger partial charge in [0, 0.05) is 12.7 Å². The molecule has 3 aromatic rings. The van der Waals surface area contributed by atoms with E-state index in [4.69, 9.17) is 11.6 Å². The molecule has 4 rings (SSSR count). The van der Waals surface area contributed by atoms with Crippen LogP contribution in [-0.2, 0) is 13.0 Å². The first-order valence-electron chi connectivity index (χ1n) is 9.60. The minimum absolute atomic E-state index is 0.175. The van der Waals surface area contributed by atoms with Gasteiger partial charge in [-0.3, -0.25) is 24.6 Å². The number of aryl methyl sites for hydroxylation is 2. The van der Waals surface area contributed by atoms with Crippen molar-refractivity contribution in [2.24, 2.45) is 4.99 Å². The Morgan fingerprint density at radius 2 is 2.20 bits per heavy atom. The highest BCUT2D eigenvalue weighted by Crippen LogP contribution is 2.21. The molecule has 1 aliphatic heterocycles. The molecule has 30 heavy (non-hydrogen) atoms. The molecule has 0 saturated carbocycles. The van der Waals surface area contributed by atoms with Crippen molar-refractivity contribution in [2.45, 2.75) is 26.8 Å². The van der Waals surface area contributed by atoms with Gasteiger partial charge in [-0.1, -0.05) is 24.6 Å². The Labute approximate surface area is 177 Å². The van der Waals surface area contributed by atoms with Crippen LogP contribution in [0.25, 0.3) is 5.78 Å². The Kier molecular flexibility index (Phi) is 5.54. The van der Waals surface area contributed by atoms with E-state index in [9.17, 15) is 9.18 Å². The summed E-state index contributed by atoms with van der Waals surface area (Å²) in [6, 6.07) is 4.88. The first-order valence-corrected chi connectivity index (χ1v) is 9.98. The summed E-state index contributed by atoms with van der Waals surface area (Å²) in [6.45, 7) is 5.05. The molecule has 1 aromatic carbocycles. The van der Waals surface area contributed by atoms with E-state index in [0.29, 0.717) is 58.6 Å². The van der Waals surface area contributed by atoms with Crippen LogP contribution in [0.3, 0.4) is 0 Å². The third-order valence-corrected chi connectivity index (χ3v) is 5.26. The summed E-state index contributed by atoms with van der Waals surface area (Å²) < 4.78 is 16.2. The second-order valence-electron chi connectivity index (χ2n) is 6.89. The van der Waals surface area contributed by atoms with E-state index in [1.807, 2.05) is 6.92 Å². The molecule has 0 fully saturated rings. The Bertz CT molecular complexity index is 1140. The lowest BCUT2D eigenvalue weighted by atomic mass is 10.1. The van der Waals surface area contributed by atoms with Gasteiger partial charge < -0.3 is 5.32 Å². The summed E-state index contributed by atoms with van der Waals surface area (Å²) >= 11 is 6.18. The number of nitrogens with one attached hydrogen (secondary N) is 2. The summed E-state index contributed by atoms with van der Waals surface area (Å²) in [5.41, 5.74) is 5.65. The van der Waals surface area contributed by atoms with Gasteiger partial charge in [-0.05, 0) is 31.0 Å². The van der Waals surface area contributed by atoms with Crippen molar-refractivity contribution in [1.29, 1.82) is 0 Å². The third kappa shape index (κ3) is 3.80. The summed E-state index contributed by atoms with van der Waals surface area (Å²) in [6.07, 6.45) is 3.75. The minimum atomic E-state index is -0.375. The molecule has 1 amide bonds. The van der Waals surface area contributed by atoms with Gasteiger partial charge in [0.1, 0.15) is 17.8 Å². The molecule has 0 atom stereocenters. The highest BCUT2D eigenvalue weighted by Gasteiger charge is 2.20. The second-order valence-corrected chi connectivity index (χ2v) is 7.30. The monoisotopic (exact) mass is 429 g/mol. The number of hydrogen-bond acceptors (Lipinski definition) is 6. The quantitative estimate of drug-likeness (QED) is 0.651. The number of amides is 1. The van der Waals surface area contributed by atoms with Crippen molar-refractivity contribution < 1.29 is 9.18 Å². The van der Waals surface area contributed by atoms with E-state index in [1.165, 1.54) is 6.07 Å². The number of carbonyl (C=O) groups is 1. The van der Waals surface area contributed by atoms with Crippen molar-refractivity contribution in [3.63, 3.8) is 0 Å². The van der Waals surface area contributed by atoms with Crippen LogP contribution >= 0.6 is 11.6 Å². The van der Waals surface area contributed by atoms with Crippen LogP contribution in [0.2, 0.25) is 5.02 Å². The van der Waals surface area contributed by atoms with Gasteiger partial charge in [0.05, 0.1) is 35.2 Å². The zero-order chi connectivity index (χ0) is 21.3. The number of halogens is 2. The molecule has 0 saturated heterocycles. The molecule has 8 nitrogen and oxygen atoms in total. The van der Waals surface area contributed by atoms with Gasteiger partial charge in [0.15, 0.2) is 0 Å². The van der Waals surface area contributed by atoms with E-state index >= 15 is 0 Å². The Hall–Kier alpha value is -3.20. The number of carbonyl (C=O) groups excluding carboxylic acids is 1. The number of rotatable bonds is 5. The number of benzene rings is 1. The Morgan fingerprint density at radius 3 is 2.90 bits per heavy atom. The van der Waals surface area contributed by atoms with Crippen molar-refractivity contribution in [2.75, 3.05) is 18.1 Å². The maximum Gasteiger partial charge on any atom is 0.270 e. The van der Waals surface area contributed by atoms with Crippen LogP contribution in [-0.4, -0.2) is 39.7 Å². The van der Waals surface area contributed by atoms with E-state index in [1.54, 1.807) is 41.0 Å². The third-order valence-electron chi connectivity index (χ3n) is 4.88. The lowest BCUT2D eigenvalue weighted by Crippen LogP contribution is -2.42. The maximum absolute atomic E-state index is 14.6. The summed E-state index contributed by atoms with van der Waals surface area (Å²) in [4.78, 5) is 25.7. The number of aromatic nitrogens is 3. The average molecular weight is 430 g/mol. The fourth-order valence-electron chi connectivity index (χ4n) is 3.30. The fraction of sp³-hybridized carbons (Fsp3) is 0.300. The van der Waals surface area contributed by atoms with Crippen LogP contribution in [0.4, 0.5) is 10.1 Å². The zero-order valence-electron chi connectivity index (χ0n) is 16.6. The molecule has 2 N–H and O–H groups in total. The van der Waals surface area contributed by atoms with Gasteiger partial charge in [0.25, 0.3) is 5.91 Å². The van der Waals surface area contributed by atoms with Crippen molar-refractivity contribution in [3.05, 3.63) is 57.9 Å². The topological polar surface area (TPSA) is 86.9 Å². The molecule has 0 unspecified atom stereocenters. The smallest absolute Gasteiger partial charge is 0.270 e. The summed E-state index contributed by atoms with van der Waals surface area (Å²) in [5, 5.41) is 4.98. The number of hydrogen-bond donors (Lipinski definition) is 2. The van der Waals surface area contributed by atoms with Crippen LogP contribution in [0.1, 0.15) is 34.4 Å². The van der Waals surface area contributed by atoms with Gasteiger partial charge in [-0.15, -0.1) is 0 Å².